The van der Waals surface area contributed by atoms with Crippen molar-refractivity contribution < 1.29 is 19.0 Å². The molecule has 1 aliphatic heterocycles. The Balaban J connectivity index is 1.47. The Kier molecular flexibility index (Phi) is 8.37. The van der Waals surface area contributed by atoms with Gasteiger partial charge in [-0.3, -0.25) is 0 Å². The van der Waals surface area contributed by atoms with Crippen molar-refractivity contribution in [2.75, 3.05) is 31.9 Å². The summed E-state index contributed by atoms with van der Waals surface area (Å²) in [6.45, 7) is 2.69. The molecule has 2 aromatic carbocycles. The summed E-state index contributed by atoms with van der Waals surface area (Å²) in [5, 5.41) is 24.8. The Morgan fingerprint density at radius 1 is 1.10 bits per heavy atom. The average molecular weight is 566 g/mol. The second-order valence-corrected chi connectivity index (χ2v) is 10.7. The molecule has 5 rings (SSSR count). The SMILES string of the molecule is CCCCOc1ccc(C2C(C(=O)OC)=C(CSc3nnc(-c4ccccc4)s3)Nc3nnnn32)cc1OC. The van der Waals surface area contributed by atoms with Crippen molar-refractivity contribution in [1.29, 1.82) is 0 Å². The van der Waals surface area contributed by atoms with Crippen molar-refractivity contribution >= 4 is 35.0 Å². The number of aromatic nitrogens is 6. The normalized spacial score (nSPS) is 14.5. The van der Waals surface area contributed by atoms with Gasteiger partial charge < -0.3 is 19.5 Å². The molecule has 39 heavy (non-hydrogen) atoms. The quantitative estimate of drug-likeness (QED) is 0.156. The molecule has 0 bridgehead atoms. The first-order valence-electron chi connectivity index (χ1n) is 12.3. The van der Waals surface area contributed by atoms with E-state index in [9.17, 15) is 4.79 Å². The molecular weight excluding hydrogens is 538 g/mol. The first-order chi connectivity index (χ1) is 19.1. The lowest BCUT2D eigenvalue weighted by atomic mass is 9.95. The topological polar surface area (TPSA) is 126 Å². The average Bonchev–Trinajstić information content (AvgIpc) is 3.65. The third-order valence-corrected chi connectivity index (χ3v) is 8.16. The number of fused-ring (bicyclic) bond motifs is 1. The molecule has 11 nitrogen and oxygen atoms in total. The molecule has 0 spiro atoms. The maximum atomic E-state index is 13.2. The van der Waals surface area contributed by atoms with Crippen LogP contribution in [0.25, 0.3) is 10.6 Å². The standard InChI is InChI=1S/C26H27N7O4S2/c1-4-5-13-37-19-12-11-17(14-20(19)35-2)22-21(24(34)36-3)18(27-25-29-31-32-33(22)25)15-38-26-30-28-23(39-26)16-9-7-6-8-10-16/h6-12,14,22H,4-5,13,15H2,1-3H3,(H,27,29,32). The monoisotopic (exact) mass is 565 g/mol. The predicted molar refractivity (Wildman–Crippen MR) is 148 cm³/mol. The number of rotatable bonds is 11. The van der Waals surface area contributed by atoms with Crippen molar-refractivity contribution in [3.05, 3.63) is 65.4 Å². The van der Waals surface area contributed by atoms with Gasteiger partial charge in [-0.25, -0.2) is 4.79 Å². The van der Waals surface area contributed by atoms with Gasteiger partial charge in [0.25, 0.3) is 0 Å². The zero-order chi connectivity index (χ0) is 27.2. The Morgan fingerprint density at radius 2 is 1.95 bits per heavy atom. The number of carbonyl (C=O) groups excluding carboxylic acids is 1. The van der Waals surface area contributed by atoms with Crippen LogP contribution in [0.2, 0.25) is 0 Å². The fraction of sp³-hybridized carbons (Fsp3) is 0.308. The number of hydrogen-bond acceptors (Lipinski definition) is 12. The minimum atomic E-state index is -0.646. The van der Waals surface area contributed by atoms with Crippen LogP contribution >= 0.6 is 23.1 Å². The third kappa shape index (κ3) is 5.73. The number of methoxy groups -OCH3 is 2. The number of esters is 1. The van der Waals surface area contributed by atoms with Crippen LogP contribution in [0.1, 0.15) is 31.4 Å². The number of nitrogens with one attached hydrogen (secondary N) is 1. The molecule has 1 aliphatic rings. The zero-order valence-electron chi connectivity index (χ0n) is 21.7. The molecule has 0 amide bonds. The van der Waals surface area contributed by atoms with Crippen LogP contribution in [0.3, 0.4) is 0 Å². The van der Waals surface area contributed by atoms with E-state index in [2.05, 4.69) is 38.0 Å². The maximum Gasteiger partial charge on any atom is 0.338 e. The number of ether oxygens (including phenoxy) is 3. The van der Waals surface area contributed by atoms with E-state index in [-0.39, 0.29) is 0 Å². The van der Waals surface area contributed by atoms with Gasteiger partial charge in [0.05, 0.1) is 26.4 Å². The van der Waals surface area contributed by atoms with E-state index in [1.54, 1.807) is 11.8 Å². The maximum absolute atomic E-state index is 13.2. The lowest BCUT2D eigenvalue weighted by Gasteiger charge is -2.28. The predicted octanol–water partition coefficient (Wildman–Crippen LogP) is 4.61. The highest BCUT2D eigenvalue weighted by molar-refractivity contribution is 8.01. The molecule has 2 aromatic heterocycles. The number of carbonyl (C=O) groups is 1. The van der Waals surface area contributed by atoms with Gasteiger partial charge in [0.15, 0.2) is 15.8 Å². The Morgan fingerprint density at radius 3 is 2.72 bits per heavy atom. The van der Waals surface area contributed by atoms with Crippen LogP contribution in [0, 0.1) is 0 Å². The van der Waals surface area contributed by atoms with Crippen molar-refractivity contribution in [3.63, 3.8) is 0 Å². The molecule has 0 saturated carbocycles. The van der Waals surface area contributed by atoms with E-state index >= 15 is 0 Å². The molecular formula is C26H27N7O4S2. The Labute approximate surface area is 233 Å². The molecule has 0 saturated heterocycles. The van der Waals surface area contributed by atoms with Crippen molar-refractivity contribution in [2.24, 2.45) is 0 Å². The van der Waals surface area contributed by atoms with Gasteiger partial charge in [-0.15, -0.1) is 10.2 Å². The van der Waals surface area contributed by atoms with Gasteiger partial charge in [-0.2, -0.15) is 4.68 Å². The fourth-order valence-electron chi connectivity index (χ4n) is 4.11. The van der Waals surface area contributed by atoms with Crippen molar-refractivity contribution in [1.82, 2.24) is 30.4 Å². The first-order valence-corrected chi connectivity index (χ1v) is 14.1. The van der Waals surface area contributed by atoms with E-state index in [4.69, 9.17) is 14.2 Å². The summed E-state index contributed by atoms with van der Waals surface area (Å²) in [6.07, 6.45) is 1.96. The molecule has 0 radical (unpaired) electrons. The molecule has 1 unspecified atom stereocenters. The van der Waals surface area contributed by atoms with E-state index in [1.807, 2.05) is 48.5 Å². The summed E-state index contributed by atoms with van der Waals surface area (Å²) in [6, 6.07) is 14.8. The van der Waals surface area contributed by atoms with Gasteiger partial charge >= 0.3 is 5.97 Å². The van der Waals surface area contributed by atoms with Crippen LogP contribution in [0.15, 0.2) is 64.1 Å². The Hall–Kier alpha value is -3.97. The fourth-order valence-corrected chi connectivity index (χ4v) is 5.93. The molecule has 3 heterocycles. The van der Waals surface area contributed by atoms with Gasteiger partial charge in [0.2, 0.25) is 5.95 Å². The number of thioether (sulfide) groups is 1. The molecule has 0 fully saturated rings. The lowest BCUT2D eigenvalue weighted by Crippen LogP contribution is -2.31. The number of benzene rings is 2. The third-order valence-electron chi connectivity index (χ3n) is 6.03. The molecule has 13 heteroatoms. The molecule has 0 aliphatic carbocycles. The summed E-state index contributed by atoms with van der Waals surface area (Å²) in [7, 11) is 2.94. The van der Waals surface area contributed by atoms with Crippen LogP contribution in [-0.4, -0.2) is 63.0 Å². The van der Waals surface area contributed by atoms with E-state index in [1.165, 1.54) is 30.2 Å². The van der Waals surface area contributed by atoms with Crippen molar-refractivity contribution in [3.8, 4) is 22.1 Å². The number of tetrazole rings is 1. The summed E-state index contributed by atoms with van der Waals surface area (Å²) in [5.41, 5.74) is 2.76. The largest absolute Gasteiger partial charge is 0.493 e. The van der Waals surface area contributed by atoms with Crippen LogP contribution < -0.4 is 14.8 Å². The summed E-state index contributed by atoms with van der Waals surface area (Å²) in [5.74, 6) is 1.50. The van der Waals surface area contributed by atoms with E-state index < -0.39 is 12.0 Å². The summed E-state index contributed by atoms with van der Waals surface area (Å²) in [4.78, 5) is 13.2. The second kappa shape index (κ2) is 12.3. The van der Waals surface area contributed by atoms with Gasteiger partial charge in [0.1, 0.15) is 11.0 Å². The first kappa shape index (κ1) is 26.6. The smallest absolute Gasteiger partial charge is 0.338 e. The molecule has 1 atom stereocenters. The van der Waals surface area contributed by atoms with Crippen molar-refractivity contribution in [2.45, 2.75) is 30.1 Å². The van der Waals surface area contributed by atoms with Gasteiger partial charge in [-0.1, -0.05) is 77.9 Å². The molecule has 1 N–H and O–H groups in total. The van der Waals surface area contributed by atoms with Gasteiger partial charge in [-0.05, 0) is 34.5 Å². The number of unbranched alkanes of at least 4 members (excludes halogenated alkanes) is 1. The van der Waals surface area contributed by atoms with Crippen LogP contribution in [0.4, 0.5) is 5.95 Å². The van der Waals surface area contributed by atoms with E-state index in [0.717, 1.165) is 33.3 Å². The number of anilines is 1. The van der Waals surface area contributed by atoms with Crippen LogP contribution in [-0.2, 0) is 9.53 Å². The number of hydrogen-bond donors (Lipinski definition) is 1. The molecule has 4 aromatic rings. The minimum absolute atomic E-state index is 0.388. The highest BCUT2D eigenvalue weighted by atomic mass is 32.2. The highest BCUT2D eigenvalue weighted by Crippen LogP contribution is 2.40. The summed E-state index contributed by atoms with van der Waals surface area (Å²) < 4.78 is 19.1. The zero-order valence-corrected chi connectivity index (χ0v) is 23.3. The minimum Gasteiger partial charge on any atom is -0.493 e. The number of nitrogens with zero attached hydrogens (tertiary/aromatic N) is 6. The lowest BCUT2D eigenvalue weighted by molar-refractivity contribution is -0.136. The van der Waals surface area contributed by atoms with Crippen LogP contribution in [0.5, 0.6) is 11.5 Å². The second-order valence-electron chi connectivity index (χ2n) is 8.50. The Bertz CT molecular complexity index is 1470. The van der Waals surface area contributed by atoms with Gasteiger partial charge in [0, 0.05) is 17.0 Å². The van der Waals surface area contributed by atoms with E-state index in [0.29, 0.717) is 41.1 Å². The highest BCUT2D eigenvalue weighted by Gasteiger charge is 2.36. The molecule has 202 valence electrons. The summed E-state index contributed by atoms with van der Waals surface area (Å²) >= 11 is 2.95.